The molecular formula is C12H13N3O4. The van der Waals surface area contributed by atoms with Crippen molar-refractivity contribution >= 4 is 29.2 Å². The van der Waals surface area contributed by atoms with Gasteiger partial charge in [0, 0.05) is 12.1 Å². The highest BCUT2D eigenvalue weighted by molar-refractivity contribution is 6.02. The number of piperidine rings is 1. The van der Waals surface area contributed by atoms with Gasteiger partial charge >= 0.3 is 5.97 Å². The van der Waals surface area contributed by atoms with Crippen molar-refractivity contribution in [2.24, 2.45) is 0 Å². The number of nitrogens with two attached hydrogens (primary N) is 1. The largest absolute Gasteiger partial charge is 0.478 e. The Morgan fingerprint density at radius 3 is 2.79 bits per heavy atom. The van der Waals surface area contributed by atoms with Crippen LogP contribution in [0.15, 0.2) is 18.2 Å². The average molecular weight is 263 g/mol. The Balaban J connectivity index is 2.23. The zero-order chi connectivity index (χ0) is 14.0. The molecule has 5 N–H and O–H groups in total. The number of amides is 2. The van der Waals surface area contributed by atoms with Crippen molar-refractivity contribution in [3.63, 3.8) is 0 Å². The maximum Gasteiger partial charge on any atom is 0.337 e. The summed E-state index contributed by atoms with van der Waals surface area (Å²) in [5.41, 5.74) is 6.28. The second kappa shape index (κ2) is 4.97. The predicted octanol–water partition coefficient (Wildman–Crippen LogP) is 0.184. The molecule has 2 amide bonds. The quantitative estimate of drug-likeness (QED) is 0.456. The highest BCUT2D eigenvalue weighted by atomic mass is 16.4. The van der Waals surface area contributed by atoms with Gasteiger partial charge in [-0.1, -0.05) is 0 Å². The summed E-state index contributed by atoms with van der Waals surface area (Å²) in [4.78, 5) is 33.7. The summed E-state index contributed by atoms with van der Waals surface area (Å²) in [5.74, 6) is -1.90. The first-order valence-electron chi connectivity index (χ1n) is 5.70. The molecule has 1 unspecified atom stereocenters. The summed E-state index contributed by atoms with van der Waals surface area (Å²) in [7, 11) is 0. The number of rotatable bonds is 3. The predicted molar refractivity (Wildman–Crippen MR) is 67.6 cm³/mol. The number of nitrogen functional groups attached to an aromatic ring is 1. The molecule has 1 aliphatic heterocycles. The number of imide groups is 1. The van der Waals surface area contributed by atoms with Crippen molar-refractivity contribution in [3.05, 3.63) is 23.8 Å². The van der Waals surface area contributed by atoms with Crippen molar-refractivity contribution in [2.45, 2.75) is 18.9 Å². The van der Waals surface area contributed by atoms with Crippen LogP contribution in [-0.2, 0) is 9.59 Å². The summed E-state index contributed by atoms with van der Waals surface area (Å²) < 4.78 is 0. The summed E-state index contributed by atoms with van der Waals surface area (Å²) in [6.45, 7) is 0. The third kappa shape index (κ3) is 2.82. The number of hydrogen-bond acceptors (Lipinski definition) is 5. The molecule has 1 saturated heterocycles. The molecule has 7 nitrogen and oxygen atoms in total. The lowest BCUT2D eigenvalue weighted by atomic mass is 10.0. The normalized spacial score (nSPS) is 18.8. The zero-order valence-corrected chi connectivity index (χ0v) is 9.97. The van der Waals surface area contributed by atoms with Crippen LogP contribution in [0.25, 0.3) is 0 Å². The molecule has 7 heteroatoms. The molecule has 0 radical (unpaired) electrons. The van der Waals surface area contributed by atoms with E-state index in [2.05, 4.69) is 10.6 Å². The van der Waals surface area contributed by atoms with Crippen molar-refractivity contribution in [2.75, 3.05) is 11.1 Å². The second-order valence-electron chi connectivity index (χ2n) is 4.26. The lowest BCUT2D eigenvalue weighted by molar-refractivity contribution is -0.133. The van der Waals surface area contributed by atoms with Crippen LogP contribution in [0.5, 0.6) is 0 Å². The summed E-state index contributed by atoms with van der Waals surface area (Å²) in [6.07, 6.45) is 0.534. The molecule has 0 saturated carbocycles. The van der Waals surface area contributed by atoms with Crippen LogP contribution in [0.3, 0.4) is 0 Å². The Labute approximate surface area is 108 Å². The van der Waals surface area contributed by atoms with Gasteiger partial charge in [-0.05, 0) is 24.6 Å². The van der Waals surface area contributed by atoms with Crippen molar-refractivity contribution in [1.29, 1.82) is 0 Å². The van der Waals surface area contributed by atoms with E-state index in [1.54, 1.807) is 0 Å². The molecule has 0 aliphatic carbocycles. The fraction of sp³-hybridized carbons (Fsp3) is 0.250. The Hall–Kier alpha value is -2.57. The van der Waals surface area contributed by atoms with E-state index in [-0.39, 0.29) is 23.6 Å². The monoisotopic (exact) mass is 263 g/mol. The van der Waals surface area contributed by atoms with Gasteiger partial charge in [-0.2, -0.15) is 0 Å². The van der Waals surface area contributed by atoms with Gasteiger partial charge in [0.2, 0.25) is 11.8 Å². The molecule has 0 bridgehead atoms. The lowest BCUT2D eigenvalue weighted by Crippen LogP contribution is -2.47. The number of carbonyl (C=O) groups excluding carboxylic acids is 2. The van der Waals surface area contributed by atoms with Gasteiger partial charge < -0.3 is 16.2 Å². The number of carboxylic acid groups (broad SMARTS) is 1. The van der Waals surface area contributed by atoms with E-state index in [0.29, 0.717) is 12.1 Å². The van der Waals surface area contributed by atoms with Gasteiger partial charge in [0.1, 0.15) is 6.04 Å². The molecule has 19 heavy (non-hydrogen) atoms. The molecule has 2 rings (SSSR count). The van der Waals surface area contributed by atoms with Gasteiger partial charge in [-0.3, -0.25) is 14.9 Å². The molecule has 1 aromatic rings. The minimum Gasteiger partial charge on any atom is -0.478 e. The minimum absolute atomic E-state index is 0.0268. The Kier molecular flexibility index (Phi) is 3.37. The van der Waals surface area contributed by atoms with Crippen LogP contribution < -0.4 is 16.4 Å². The molecule has 1 atom stereocenters. The third-order valence-electron chi connectivity index (χ3n) is 2.84. The molecular weight excluding hydrogens is 250 g/mol. The van der Waals surface area contributed by atoms with Crippen LogP contribution in [0.4, 0.5) is 11.4 Å². The molecule has 0 aromatic heterocycles. The number of carbonyl (C=O) groups is 3. The number of carboxylic acids is 1. The van der Waals surface area contributed by atoms with Crippen molar-refractivity contribution in [1.82, 2.24) is 5.32 Å². The van der Waals surface area contributed by atoms with Crippen molar-refractivity contribution < 1.29 is 19.5 Å². The van der Waals surface area contributed by atoms with Gasteiger partial charge in [-0.25, -0.2) is 4.79 Å². The fourth-order valence-electron chi connectivity index (χ4n) is 1.89. The summed E-state index contributed by atoms with van der Waals surface area (Å²) in [6, 6.07) is 3.65. The third-order valence-corrected chi connectivity index (χ3v) is 2.84. The molecule has 100 valence electrons. The topological polar surface area (TPSA) is 122 Å². The van der Waals surface area contributed by atoms with Gasteiger partial charge in [0.25, 0.3) is 0 Å². The maximum atomic E-state index is 11.6. The van der Waals surface area contributed by atoms with Gasteiger partial charge in [0.15, 0.2) is 0 Å². The van der Waals surface area contributed by atoms with E-state index >= 15 is 0 Å². The number of aromatic carboxylic acids is 1. The second-order valence-corrected chi connectivity index (χ2v) is 4.26. The maximum absolute atomic E-state index is 11.6. The first-order valence-corrected chi connectivity index (χ1v) is 5.70. The Morgan fingerprint density at radius 1 is 1.42 bits per heavy atom. The van der Waals surface area contributed by atoms with Crippen LogP contribution in [0.2, 0.25) is 0 Å². The Bertz CT molecular complexity index is 556. The number of anilines is 2. The van der Waals surface area contributed by atoms with Crippen LogP contribution >= 0.6 is 0 Å². The average Bonchev–Trinajstić information content (AvgIpc) is 2.32. The SMILES string of the molecule is Nc1ccc(C(=O)O)c(NC2CCC(=O)NC2=O)c1. The van der Waals surface area contributed by atoms with Gasteiger partial charge in [-0.15, -0.1) is 0 Å². The number of benzene rings is 1. The summed E-state index contributed by atoms with van der Waals surface area (Å²) in [5, 5.41) is 14.1. The first-order chi connectivity index (χ1) is 8.97. The van der Waals surface area contributed by atoms with E-state index in [1.807, 2.05) is 0 Å². The van der Waals surface area contributed by atoms with Gasteiger partial charge in [0.05, 0.1) is 11.3 Å². The number of nitrogens with one attached hydrogen (secondary N) is 2. The molecule has 1 aromatic carbocycles. The fourth-order valence-corrected chi connectivity index (χ4v) is 1.89. The number of hydrogen-bond donors (Lipinski definition) is 4. The highest BCUT2D eigenvalue weighted by Gasteiger charge is 2.27. The summed E-state index contributed by atoms with van der Waals surface area (Å²) >= 11 is 0. The van der Waals surface area contributed by atoms with E-state index < -0.39 is 17.9 Å². The highest BCUT2D eigenvalue weighted by Crippen LogP contribution is 2.22. The molecule has 1 aliphatic rings. The van der Waals surface area contributed by atoms with E-state index in [9.17, 15) is 14.4 Å². The Morgan fingerprint density at radius 2 is 2.16 bits per heavy atom. The molecule has 1 fully saturated rings. The zero-order valence-electron chi connectivity index (χ0n) is 9.97. The lowest BCUT2D eigenvalue weighted by Gasteiger charge is -2.23. The van der Waals surface area contributed by atoms with Crippen molar-refractivity contribution in [3.8, 4) is 0 Å². The van der Waals surface area contributed by atoms with Crippen LogP contribution in [0.1, 0.15) is 23.2 Å². The van der Waals surface area contributed by atoms with E-state index in [1.165, 1.54) is 18.2 Å². The smallest absolute Gasteiger partial charge is 0.337 e. The molecule has 1 heterocycles. The minimum atomic E-state index is -1.12. The first kappa shape index (κ1) is 12.9. The van der Waals surface area contributed by atoms with Crippen LogP contribution in [0, 0.1) is 0 Å². The van der Waals surface area contributed by atoms with E-state index in [4.69, 9.17) is 10.8 Å². The van der Waals surface area contributed by atoms with Crippen LogP contribution in [-0.4, -0.2) is 28.9 Å². The molecule has 0 spiro atoms. The van der Waals surface area contributed by atoms with E-state index in [0.717, 1.165) is 0 Å². The standard InChI is InChI=1S/C12H13N3O4/c13-6-1-2-7(12(18)19)9(5-6)14-8-3-4-10(16)15-11(8)17/h1-2,5,8,14H,3-4,13H2,(H,18,19)(H,15,16,17).